The maximum Gasteiger partial charge on any atom is 0.340 e. The standard InChI is InChI=1S/C35H34N2O7S/c1-21-25-16-27-30(43-22(2)33(27)24-12-7-4-8-13-24)18-29(25)44-35(42)26(21)17-31(38)37-28(34(41)36-15-9-14-32(39)40)20-45-19-23-10-5-3-6-11-23/h3-8,10-13,16,18,28H,9,14-15,17,19-20H2,1-2H3,(H,36,41)(H,37,38)(H,39,40)/t28-/m0/s1. The number of carbonyl (C=O) groups is 3. The summed E-state index contributed by atoms with van der Waals surface area (Å²) in [4.78, 5) is 50.3. The van der Waals surface area contributed by atoms with Crippen LogP contribution in [-0.4, -0.2) is 41.2 Å². The molecule has 2 amide bonds. The largest absolute Gasteiger partial charge is 0.481 e. The molecule has 5 aromatic rings. The average Bonchev–Trinajstić information content (AvgIpc) is 3.35. The van der Waals surface area contributed by atoms with Gasteiger partial charge in [-0.05, 0) is 43.0 Å². The van der Waals surface area contributed by atoms with E-state index < -0.39 is 29.5 Å². The molecule has 1 atom stereocenters. The van der Waals surface area contributed by atoms with Crippen molar-refractivity contribution >= 4 is 51.5 Å². The quantitative estimate of drug-likeness (QED) is 0.111. The maximum absolute atomic E-state index is 13.3. The fourth-order valence-corrected chi connectivity index (χ4v) is 6.32. The third-order valence-electron chi connectivity index (χ3n) is 7.59. The molecule has 0 aliphatic heterocycles. The van der Waals surface area contributed by atoms with Crippen molar-refractivity contribution in [2.45, 2.75) is 44.9 Å². The summed E-state index contributed by atoms with van der Waals surface area (Å²) in [5.74, 6) is -0.194. The minimum atomic E-state index is -0.947. The van der Waals surface area contributed by atoms with Crippen molar-refractivity contribution < 1.29 is 28.3 Å². The monoisotopic (exact) mass is 626 g/mol. The van der Waals surface area contributed by atoms with Gasteiger partial charge in [0.05, 0.1) is 12.0 Å². The Bertz CT molecular complexity index is 1900. The number of furan rings is 1. The molecular weight excluding hydrogens is 592 g/mol. The Kier molecular flexibility index (Phi) is 10.0. The number of carboxylic acids is 1. The zero-order chi connectivity index (χ0) is 31.9. The number of carbonyl (C=O) groups excluding carboxylic acids is 2. The van der Waals surface area contributed by atoms with E-state index in [1.165, 1.54) is 11.8 Å². The van der Waals surface area contributed by atoms with E-state index >= 15 is 0 Å². The van der Waals surface area contributed by atoms with Crippen LogP contribution in [0.15, 0.2) is 86.4 Å². The highest BCUT2D eigenvalue weighted by Crippen LogP contribution is 2.37. The molecule has 0 radical (unpaired) electrons. The third-order valence-corrected chi connectivity index (χ3v) is 8.69. The molecule has 0 fully saturated rings. The highest BCUT2D eigenvalue weighted by atomic mass is 32.2. The van der Waals surface area contributed by atoms with Crippen LogP contribution >= 0.6 is 11.8 Å². The second kappa shape index (κ2) is 14.3. The predicted molar refractivity (Wildman–Crippen MR) is 175 cm³/mol. The molecule has 0 aliphatic rings. The van der Waals surface area contributed by atoms with E-state index in [9.17, 15) is 19.2 Å². The molecule has 45 heavy (non-hydrogen) atoms. The predicted octanol–water partition coefficient (Wildman–Crippen LogP) is 5.76. The van der Waals surface area contributed by atoms with Crippen LogP contribution in [0.1, 0.15) is 35.3 Å². The molecule has 0 aliphatic carbocycles. The molecule has 232 valence electrons. The first-order chi connectivity index (χ1) is 21.7. The fourth-order valence-electron chi connectivity index (χ4n) is 5.30. The third kappa shape index (κ3) is 7.64. The molecular formula is C35H34N2O7S. The van der Waals surface area contributed by atoms with Gasteiger partial charge in [-0.2, -0.15) is 11.8 Å². The number of amides is 2. The van der Waals surface area contributed by atoms with Crippen molar-refractivity contribution in [3.05, 3.63) is 106 Å². The summed E-state index contributed by atoms with van der Waals surface area (Å²) in [5.41, 5.74) is 4.17. The number of hydrogen-bond acceptors (Lipinski definition) is 7. The molecule has 0 saturated carbocycles. The molecule has 3 N–H and O–H groups in total. The smallest absolute Gasteiger partial charge is 0.340 e. The summed E-state index contributed by atoms with van der Waals surface area (Å²) in [6.07, 6.45) is -0.0788. The van der Waals surface area contributed by atoms with Crippen LogP contribution in [0, 0.1) is 13.8 Å². The molecule has 2 heterocycles. The number of aryl methyl sites for hydroxylation is 2. The van der Waals surface area contributed by atoms with Gasteiger partial charge in [0.15, 0.2) is 0 Å². The van der Waals surface area contributed by atoms with Crippen molar-refractivity contribution in [2.24, 2.45) is 0 Å². The van der Waals surface area contributed by atoms with Crippen LogP contribution in [0.25, 0.3) is 33.1 Å². The molecule has 5 rings (SSSR count). The van der Waals surface area contributed by atoms with Gasteiger partial charge in [0.2, 0.25) is 11.8 Å². The van der Waals surface area contributed by atoms with Crippen LogP contribution in [0.5, 0.6) is 0 Å². The average molecular weight is 627 g/mol. The zero-order valence-electron chi connectivity index (χ0n) is 25.1. The van der Waals surface area contributed by atoms with Gasteiger partial charge in [-0.25, -0.2) is 4.79 Å². The number of benzene rings is 3. The van der Waals surface area contributed by atoms with E-state index in [1.54, 1.807) is 13.0 Å². The second-order valence-corrected chi connectivity index (χ2v) is 11.9. The minimum absolute atomic E-state index is 0.0748. The topological polar surface area (TPSA) is 139 Å². The van der Waals surface area contributed by atoms with Crippen LogP contribution < -0.4 is 16.3 Å². The van der Waals surface area contributed by atoms with E-state index in [-0.39, 0.29) is 37.1 Å². The first-order valence-electron chi connectivity index (χ1n) is 14.7. The van der Waals surface area contributed by atoms with E-state index in [2.05, 4.69) is 10.6 Å². The first kappa shape index (κ1) is 31.6. The van der Waals surface area contributed by atoms with E-state index in [4.69, 9.17) is 13.9 Å². The van der Waals surface area contributed by atoms with Gasteiger partial charge in [0, 0.05) is 46.9 Å². The van der Waals surface area contributed by atoms with Gasteiger partial charge in [0.1, 0.15) is 23.0 Å². The lowest BCUT2D eigenvalue weighted by molar-refractivity contribution is -0.137. The molecule has 0 saturated heterocycles. The SMILES string of the molecule is Cc1oc2cc3oc(=O)c(CC(=O)N[C@@H](CSCc4ccccc4)C(=O)NCCCC(=O)O)c(C)c3cc2c1-c1ccccc1. The molecule has 2 aromatic heterocycles. The Morgan fingerprint density at radius 1 is 0.911 bits per heavy atom. The van der Waals surface area contributed by atoms with Crippen LogP contribution in [0.4, 0.5) is 0 Å². The fraction of sp³-hybridized carbons (Fsp3) is 0.257. The first-order valence-corrected chi connectivity index (χ1v) is 15.8. The van der Waals surface area contributed by atoms with Crippen LogP contribution in [-0.2, 0) is 26.6 Å². The maximum atomic E-state index is 13.3. The minimum Gasteiger partial charge on any atom is -0.481 e. The molecule has 0 bridgehead atoms. The number of fused-ring (bicyclic) bond motifs is 2. The highest BCUT2D eigenvalue weighted by Gasteiger charge is 2.24. The Morgan fingerprint density at radius 2 is 1.60 bits per heavy atom. The summed E-state index contributed by atoms with van der Waals surface area (Å²) >= 11 is 1.49. The van der Waals surface area contributed by atoms with E-state index in [1.807, 2.05) is 73.7 Å². The Hall–Kier alpha value is -4.83. The van der Waals surface area contributed by atoms with E-state index in [0.717, 1.165) is 27.8 Å². The number of nitrogens with one attached hydrogen (secondary N) is 2. The van der Waals surface area contributed by atoms with Gasteiger partial charge >= 0.3 is 11.6 Å². The lowest BCUT2D eigenvalue weighted by Crippen LogP contribution is -2.49. The summed E-state index contributed by atoms with van der Waals surface area (Å²) in [6.45, 7) is 3.84. The van der Waals surface area contributed by atoms with Crippen molar-refractivity contribution in [1.82, 2.24) is 10.6 Å². The van der Waals surface area contributed by atoms with Crippen molar-refractivity contribution in [1.29, 1.82) is 0 Å². The van der Waals surface area contributed by atoms with Crippen LogP contribution in [0.3, 0.4) is 0 Å². The Balaban J connectivity index is 1.36. The molecule has 10 heteroatoms. The van der Waals surface area contributed by atoms with Gasteiger partial charge in [-0.3, -0.25) is 14.4 Å². The van der Waals surface area contributed by atoms with Gasteiger partial charge in [-0.15, -0.1) is 0 Å². The number of hydrogen-bond donors (Lipinski definition) is 3. The van der Waals surface area contributed by atoms with Crippen molar-refractivity contribution in [2.75, 3.05) is 12.3 Å². The highest BCUT2D eigenvalue weighted by molar-refractivity contribution is 7.98. The number of aliphatic carboxylic acids is 1. The summed E-state index contributed by atoms with van der Waals surface area (Å²) in [7, 11) is 0. The summed E-state index contributed by atoms with van der Waals surface area (Å²) in [5, 5.41) is 16.0. The molecule has 9 nitrogen and oxygen atoms in total. The summed E-state index contributed by atoms with van der Waals surface area (Å²) < 4.78 is 11.7. The number of rotatable bonds is 13. The van der Waals surface area contributed by atoms with Crippen molar-refractivity contribution in [3.63, 3.8) is 0 Å². The normalized spacial score (nSPS) is 11.9. The number of thioether (sulfide) groups is 1. The Morgan fingerprint density at radius 3 is 2.31 bits per heavy atom. The molecule has 3 aromatic carbocycles. The van der Waals surface area contributed by atoms with Gasteiger partial charge < -0.3 is 24.6 Å². The van der Waals surface area contributed by atoms with Crippen LogP contribution in [0.2, 0.25) is 0 Å². The van der Waals surface area contributed by atoms with Gasteiger partial charge in [-0.1, -0.05) is 60.7 Å². The van der Waals surface area contributed by atoms with Crippen molar-refractivity contribution in [3.8, 4) is 11.1 Å². The van der Waals surface area contributed by atoms with E-state index in [0.29, 0.717) is 27.9 Å². The molecule has 0 unspecified atom stereocenters. The zero-order valence-corrected chi connectivity index (χ0v) is 25.9. The summed E-state index contributed by atoms with van der Waals surface area (Å²) in [6, 6.07) is 22.4. The lowest BCUT2D eigenvalue weighted by Gasteiger charge is -2.19. The second-order valence-electron chi connectivity index (χ2n) is 10.8. The number of carboxylic acid groups (broad SMARTS) is 1. The molecule has 0 spiro atoms. The lowest BCUT2D eigenvalue weighted by atomic mass is 9.98. The van der Waals surface area contributed by atoms with Gasteiger partial charge in [0.25, 0.3) is 0 Å². The Labute approximate surface area is 264 Å².